The van der Waals surface area contributed by atoms with Gasteiger partial charge in [-0.25, -0.2) is 0 Å². The number of ether oxygens (including phenoxy) is 1. The summed E-state index contributed by atoms with van der Waals surface area (Å²) in [6.07, 6.45) is 0. The van der Waals surface area contributed by atoms with Gasteiger partial charge in [0.05, 0.1) is 4.92 Å². The van der Waals surface area contributed by atoms with Gasteiger partial charge in [-0.15, -0.1) is 0 Å². The highest BCUT2D eigenvalue weighted by Gasteiger charge is 2.08. The third kappa shape index (κ3) is 3.06. The van der Waals surface area contributed by atoms with Crippen molar-refractivity contribution in [3.63, 3.8) is 0 Å². The van der Waals surface area contributed by atoms with Gasteiger partial charge in [0, 0.05) is 12.1 Å². The zero-order valence-electron chi connectivity index (χ0n) is 11.3. The molecular formula is C15H15NO4. The molecule has 104 valence electrons. The number of nitro groups is 1. The monoisotopic (exact) mass is 273 g/mol. The minimum atomic E-state index is -0.432. The topological polar surface area (TPSA) is 72.6 Å². The number of aromatic hydroxyl groups is 1. The Balaban J connectivity index is 2.11. The number of non-ortho nitro benzene ring substituents is 1. The van der Waals surface area contributed by atoms with Gasteiger partial charge < -0.3 is 9.84 Å². The van der Waals surface area contributed by atoms with Gasteiger partial charge in [-0.05, 0) is 54.8 Å². The SMILES string of the molecule is Cc1cc(O)cc(C)c1OCc1ccc([N+](=O)[O-])cc1. The van der Waals surface area contributed by atoms with Crippen LogP contribution in [0.5, 0.6) is 11.5 Å². The van der Waals surface area contributed by atoms with E-state index in [0.29, 0.717) is 6.61 Å². The van der Waals surface area contributed by atoms with E-state index in [1.807, 2.05) is 13.8 Å². The highest BCUT2D eigenvalue weighted by atomic mass is 16.6. The van der Waals surface area contributed by atoms with Crippen molar-refractivity contribution in [1.29, 1.82) is 0 Å². The number of hydrogen-bond donors (Lipinski definition) is 1. The normalized spacial score (nSPS) is 10.3. The second kappa shape index (κ2) is 5.61. The number of rotatable bonds is 4. The Kier molecular flexibility index (Phi) is 3.89. The van der Waals surface area contributed by atoms with Crippen molar-refractivity contribution in [2.24, 2.45) is 0 Å². The lowest BCUT2D eigenvalue weighted by molar-refractivity contribution is -0.384. The molecule has 2 aromatic rings. The molecule has 0 aliphatic heterocycles. The van der Waals surface area contributed by atoms with Crippen molar-refractivity contribution in [2.75, 3.05) is 0 Å². The summed E-state index contributed by atoms with van der Waals surface area (Å²) in [6, 6.07) is 9.52. The summed E-state index contributed by atoms with van der Waals surface area (Å²) in [5.74, 6) is 0.934. The first kappa shape index (κ1) is 13.9. The summed E-state index contributed by atoms with van der Waals surface area (Å²) in [5, 5.41) is 20.0. The lowest BCUT2D eigenvalue weighted by Crippen LogP contribution is -1.99. The van der Waals surface area contributed by atoms with Gasteiger partial charge in [0.25, 0.3) is 5.69 Å². The molecule has 0 spiro atoms. The number of phenols is 1. The zero-order valence-corrected chi connectivity index (χ0v) is 11.3. The van der Waals surface area contributed by atoms with Crippen LogP contribution in [0, 0.1) is 24.0 Å². The Morgan fingerprint density at radius 2 is 1.70 bits per heavy atom. The van der Waals surface area contributed by atoms with Gasteiger partial charge in [0.15, 0.2) is 0 Å². The molecule has 0 heterocycles. The number of phenolic OH excluding ortho intramolecular Hbond substituents is 1. The van der Waals surface area contributed by atoms with Crippen LogP contribution in [0.3, 0.4) is 0 Å². The van der Waals surface area contributed by atoms with Crippen molar-refractivity contribution >= 4 is 5.69 Å². The molecule has 5 heteroatoms. The summed E-state index contributed by atoms with van der Waals surface area (Å²) in [5.41, 5.74) is 2.61. The molecule has 1 N–H and O–H groups in total. The van der Waals surface area contributed by atoms with Crippen molar-refractivity contribution in [3.05, 3.63) is 63.2 Å². The van der Waals surface area contributed by atoms with Gasteiger partial charge >= 0.3 is 0 Å². The van der Waals surface area contributed by atoms with Crippen LogP contribution in [0.4, 0.5) is 5.69 Å². The van der Waals surface area contributed by atoms with E-state index in [1.54, 1.807) is 24.3 Å². The maximum absolute atomic E-state index is 10.6. The van der Waals surface area contributed by atoms with Crippen molar-refractivity contribution in [3.8, 4) is 11.5 Å². The number of hydrogen-bond acceptors (Lipinski definition) is 4. The predicted molar refractivity (Wildman–Crippen MR) is 75.0 cm³/mol. The Morgan fingerprint density at radius 1 is 1.15 bits per heavy atom. The number of aryl methyl sites for hydroxylation is 2. The Bertz CT molecular complexity index is 612. The first-order valence-corrected chi connectivity index (χ1v) is 6.13. The molecule has 0 saturated heterocycles. The summed E-state index contributed by atoms with van der Waals surface area (Å²) in [4.78, 5) is 10.1. The second-order valence-electron chi connectivity index (χ2n) is 4.62. The molecule has 2 aromatic carbocycles. The summed E-state index contributed by atoms with van der Waals surface area (Å²) in [7, 11) is 0. The van der Waals surface area contributed by atoms with Crippen LogP contribution in [0.1, 0.15) is 16.7 Å². The fraction of sp³-hybridized carbons (Fsp3) is 0.200. The summed E-state index contributed by atoms with van der Waals surface area (Å²) < 4.78 is 5.73. The number of nitrogens with zero attached hydrogens (tertiary/aromatic N) is 1. The molecule has 0 atom stereocenters. The Hall–Kier alpha value is -2.56. The van der Waals surface area contributed by atoms with Crippen molar-refractivity contribution in [1.82, 2.24) is 0 Å². The van der Waals surface area contributed by atoms with Crippen molar-refractivity contribution < 1.29 is 14.8 Å². The molecule has 0 radical (unpaired) electrons. The lowest BCUT2D eigenvalue weighted by Gasteiger charge is -2.12. The molecule has 0 aliphatic carbocycles. The third-order valence-corrected chi connectivity index (χ3v) is 2.98. The minimum Gasteiger partial charge on any atom is -0.508 e. The van der Waals surface area contributed by atoms with Crippen LogP contribution in [0.25, 0.3) is 0 Å². The van der Waals surface area contributed by atoms with E-state index >= 15 is 0 Å². The van der Waals surface area contributed by atoms with E-state index in [-0.39, 0.29) is 11.4 Å². The molecule has 5 nitrogen and oxygen atoms in total. The molecule has 0 unspecified atom stereocenters. The van der Waals surface area contributed by atoms with Gasteiger partial charge in [0.1, 0.15) is 18.1 Å². The first-order valence-electron chi connectivity index (χ1n) is 6.13. The Labute approximate surface area is 116 Å². The first-order chi connectivity index (χ1) is 9.47. The van der Waals surface area contributed by atoms with Crippen LogP contribution in [0.15, 0.2) is 36.4 Å². The number of nitro benzene ring substituents is 1. The van der Waals surface area contributed by atoms with Crippen LogP contribution >= 0.6 is 0 Å². The minimum absolute atomic E-state index is 0.0609. The zero-order chi connectivity index (χ0) is 14.7. The van der Waals surface area contributed by atoms with Gasteiger partial charge in [-0.2, -0.15) is 0 Å². The summed E-state index contributed by atoms with van der Waals surface area (Å²) >= 11 is 0. The fourth-order valence-corrected chi connectivity index (χ4v) is 2.02. The van der Waals surface area contributed by atoms with E-state index in [2.05, 4.69) is 0 Å². The van der Waals surface area contributed by atoms with Gasteiger partial charge in [-0.3, -0.25) is 10.1 Å². The molecule has 0 aromatic heterocycles. The standard InChI is InChI=1S/C15H15NO4/c1-10-7-14(17)8-11(2)15(10)20-9-12-3-5-13(6-4-12)16(18)19/h3-8,17H,9H2,1-2H3. The molecule has 0 fully saturated rings. The van der Waals surface area contributed by atoms with E-state index in [1.165, 1.54) is 12.1 Å². The molecule has 0 bridgehead atoms. The largest absolute Gasteiger partial charge is 0.508 e. The molecule has 2 rings (SSSR count). The molecule has 20 heavy (non-hydrogen) atoms. The Morgan fingerprint density at radius 3 is 2.20 bits per heavy atom. The smallest absolute Gasteiger partial charge is 0.269 e. The molecule has 0 amide bonds. The average Bonchev–Trinajstić information content (AvgIpc) is 2.38. The van der Waals surface area contributed by atoms with Crippen LogP contribution in [-0.2, 0) is 6.61 Å². The van der Waals surface area contributed by atoms with E-state index in [0.717, 1.165) is 22.4 Å². The van der Waals surface area contributed by atoms with Gasteiger partial charge in [-0.1, -0.05) is 0 Å². The third-order valence-electron chi connectivity index (χ3n) is 2.98. The molecular weight excluding hydrogens is 258 g/mol. The lowest BCUT2D eigenvalue weighted by atomic mass is 10.1. The fourth-order valence-electron chi connectivity index (χ4n) is 2.02. The number of benzene rings is 2. The van der Waals surface area contributed by atoms with Crippen molar-refractivity contribution in [2.45, 2.75) is 20.5 Å². The maximum Gasteiger partial charge on any atom is 0.269 e. The van der Waals surface area contributed by atoms with Crippen LogP contribution < -0.4 is 4.74 Å². The second-order valence-corrected chi connectivity index (χ2v) is 4.62. The molecule has 0 aliphatic rings. The summed E-state index contributed by atoms with van der Waals surface area (Å²) in [6.45, 7) is 4.04. The quantitative estimate of drug-likeness (QED) is 0.683. The maximum atomic E-state index is 10.6. The van der Waals surface area contributed by atoms with E-state index in [4.69, 9.17) is 4.74 Å². The molecule has 0 saturated carbocycles. The van der Waals surface area contributed by atoms with Crippen LogP contribution in [-0.4, -0.2) is 10.0 Å². The average molecular weight is 273 g/mol. The van der Waals surface area contributed by atoms with Crippen LogP contribution in [0.2, 0.25) is 0 Å². The predicted octanol–water partition coefficient (Wildman–Crippen LogP) is 3.50. The van der Waals surface area contributed by atoms with E-state index < -0.39 is 4.92 Å². The highest BCUT2D eigenvalue weighted by molar-refractivity contribution is 5.45. The van der Waals surface area contributed by atoms with E-state index in [9.17, 15) is 15.2 Å². The van der Waals surface area contributed by atoms with Gasteiger partial charge in [0.2, 0.25) is 0 Å². The highest BCUT2D eigenvalue weighted by Crippen LogP contribution is 2.28.